The lowest BCUT2D eigenvalue weighted by atomic mass is 10.0. The van der Waals surface area contributed by atoms with Crippen molar-refractivity contribution in [3.63, 3.8) is 0 Å². The van der Waals surface area contributed by atoms with Crippen LogP contribution in [0, 0.1) is 138 Å². The summed E-state index contributed by atoms with van der Waals surface area (Å²) in [6, 6.07) is 23.8. The summed E-state index contributed by atoms with van der Waals surface area (Å²) in [6.07, 6.45) is 18.4. The van der Waals surface area contributed by atoms with Gasteiger partial charge in [0.25, 0.3) is 0 Å². The first-order valence-electron chi connectivity index (χ1n) is 29.5. The summed E-state index contributed by atoms with van der Waals surface area (Å²) in [7, 11) is 10.4. The molecule has 0 spiro atoms. The Bertz CT molecular complexity index is 4010. The van der Waals surface area contributed by atoms with Gasteiger partial charge in [0.15, 0.2) is 31.0 Å². The lowest BCUT2D eigenvalue weighted by molar-refractivity contribution is -0.660. The summed E-state index contributed by atoms with van der Waals surface area (Å²) < 4.78 is 10.8. The number of hydrogen-bond acceptors (Lipinski definition) is 5. The zero-order valence-corrected chi connectivity index (χ0v) is 56.0. The third kappa shape index (κ3) is 16.2. The molecule has 0 aliphatic heterocycles. The van der Waals surface area contributed by atoms with Gasteiger partial charge in [-0.3, -0.25) is 24.9 Å². The molecule has 0 aliphatic rings. The van der Waals surface area contributed by atoms with Crippen molar-refractivity contribution >= 4 is 0 Å². The van der Waals surface area contributed by atoms with Crippen LogP contribution < -0.4 is 22.8 Å². The normalized spacial score (nSPS) is 10.6. The van der Waals surface area contributed by atoms with Crippen LogP contribution in [0.4, 0.5) is 0 Å². The van der Waals surface area contributed by atoms with E-state index in [4.69, 9.17) is 0 Å². The monoisotopic (exact) mass is 1140 g/mol. The highest BCUT2D eigenvalue weighted by molar-refractivity contribution is 5.67. The van der Waals surface area contributed by atoms with Crippen molar-refractivity contribution in [1.82, 2.24) is 24.9 Å². The maximum atomic E-state index is 4.59. The zero-order valence-electron chi connectivity index (χ0n) is 56.0. The molecular weight excluding hydrogens is 1040 g/mol. The van der Waals surface area contributed by atoms with Crippen LogP contribution in [0.25, 0.3) is 56.3 Å². The number of aryl methyl sites for hydroxylation is 25. The van der Waals surface area contributed by atoms with Gasteiger partial charge in [-0.05, 0) is 224 Å². The Morgan fingerprint density at radius 2 is 0.659 bits per heavy atom. The average molecular weight is 1140 g/mol. The SMILES string of the molecule is Cc1cc(-c2c(C)ccnc2C)[n+](C)cc1C.Cc1cc(-c2cnccc2C)[n+](C)cc1C.Cc1cc(C)c(-c2cc(C)c(C)c[n+]2C)c(C)n1.Cc1cc(C)c(-c2cc(C)c(C)c[n+]2C)cn1.Cc1cc[n+](C)c(-c2c(C)cc(C)nc2C)c1. The van der Waals surface area contributed by atoms with E-state index in [1.54, 1.807) is 0 Å². The molecule has 0 saturated carbocycles. The molecule has 0 aliphatic carbocycles. The summed E-state index contributed by atoms with van der Waals surface area (Å²) in [5.41, 5.74) is 37.0. The predicted octanol–water partition coefficient (Wildman–Crippen LogP) is 14.0. The molecular formula is C75H95N10+5. The molecule has 440 valence electrons. The van der Waals surface area contributed by atoms with Crippen molar-refractivity contribution in [2.45, 2.75) is 138 Å². The molecule has 0 radical (unpaired) electrons. The number of hydrogen-bond donors (Lipinski definition) is 0. The fourth-order valence-electron chi connectivity index (χ4n) is 11.1. The lowest BCUT2D eigenvalue weighted by Crippen LogP contribution is -2.32. The molecule has 0 unspecified atom stereocenters. The summed E-state index contributed by atoms with van der Waals surface area (Å²) >= 11 is 0. The minimum Gasteiger partial charge on any atom is -0.264 e. The van der Waals surface area contributed by atoms with Gasteiger partial charge in [-0.2, -0.15) is 0 Å². The van der Waals surface area contributed by atoms with Crippen LogP contribution in [-0.4, -0.2) is 24.9 Å². The molecule has 10 nitrogen and oxygen atoms in total. The van der Waals surface area contributed by atoms with E-state index in [1.807, 2.05) is 51.6 Å². The highest BCUT2D eigenvalue weighted by atomic mass is 14.9. The Morgan fingerprint density at radius 1 is 0.282 bits per heavy atom. The standard InChI is InChI=1S/C16H21N2.3C15H19N2.C14H17N2/c1-10-8-15(18(6)9-12(10)3)16-11(2)7-13(4)17-14(16)5;1-10-7-15(17(5)9-12(10)3)14-8-16-13(4)6-11(14)2;1-10-6-7-16-13(4)15(10)14-8-11(2)12(3)9-17(14)5;1-10-6-7-17(5)14(8-10)15-11(2)9-12(3)16-13(15)4;1-10-5-6-15-8-13(10)14-7-11(2)12(3)9-16(14)4/h7-9H,1-6H3;3*6-9H,1-5H3;5-9H,1-4H3/q5*+1. The fourth-order valence-corrected chi connectivity index (χ4v) is 11.1. The van der Waals surface area contributed by atoms with Gasteiger partial charge in [-0.15, -0.1) is 0 Å². The molecule has 0 fully saturated rings. The highest BCUT2D eigenvalue weighted by Gasteiger charge is 2.21. The van der Waals surface area contributed by atoms with Gasteiger partial charge in [-0.1, -0.05) is 0 Å². The van der Waals surface area contributed by atoms with E-state index in [0.717, 1.165) is 34.2 Å². The van der Waals surface area contributed by atoms with Crippen LogP contribution in [0.1, 0.15) is 112 Å². The van der Waals surface area contributed by atoms with Gasteiger partial charge < -0.3 is 0 Å². The molecule has 0 aromatic carbocycles. The molecule has 10 rings (SSSR count). The molecule has 0 N–H and O–H groups in total. The molecule has 0 amide bonds. The van der Waals surface area contributed by atoms with Crippen molar-refractivity contribution < 1.29 is 22.8 Å². The first-order valence-corrected chi connectivity index (χ1v) is 29.5. The molecule has 0 atom stereocenters. The van der Waals surface area contributed by atoms with Gasteiger partial charge in [0.05, 0.1) is 44.9 Å². The van der Waals surface area contributed by atoms with E-state index in [-0.39, 0.29) is 0 Å². The van der Waals surface area contributed by atoms with Crippen molar-refractivity contribution in [2.24, 2.45) is 35.2 Å². The van der Waals surface area contributed by atoms with Crippen LogP contribution in [0.2, 0.25) is 0 Å². The summed E-state index contributed by atoms with van der Waals surface area (Å²) in [5.74, 6) is 0. The zero-order chi connectivity index (χ0) is 62.9. The van der Waals surface area contributed by atoms with E-state index < -0.39 is 0 Å². The first kappa shape index (κ1) is 65.7. The van der Waals surface area contributed by atoms with Crippen LogP contribution in [-0.2, 0) is 35.2 Å². The Morgan fingerprint density at radius 3 is 1.07 bits per heavy atom. The van der Waals surface area contributed by atoms with E-state index >= 15 is 0 Å². The maximum Gasteiger partial charge on any atom is 0.214 e. The quantitative estimate of drug-likeness (QED) is 0.160. The number of pyridine rings is 10. The fraction of sp³-hybridized carbons (Fsp3) is 0.333. The van der Waals surface area contributed by atoms with Gasteiger partial charge >= 0.3 is 0 Å². The van der Waals surface area contributed by atoms with E-state index in [1.165, 1.54) is 134 Å². The Kier molecular flexibility index (Phi) is 21.9. The van der Waals surface area contributed by atoms with Crippen molar-refractivity contribution in [1.29, 1.82) is 0 Å². The second-order valence-electron chi connectivity index (χ2n) is 23.7. The topological polar surface area (TPSA) is 83.9 Å². The van der Waals surface area contributed by atoms with E-state index in [9.17, 15) is 0 Å². The summed E-state index contributed by atoms with van der Waals surface area (Å²) in [5, 5.41) is 0. The number of nitrogens with zero attached hydrogens (tertiary/aromatic N) is 10. The maximum absolute atomic E-state index is 4.59. The first-order chi connectivity index (χ1) is 40.0. The minimum absolute atomic E-state index is 1.07. The minimum atomic E-state index is 1.07. The van der Waals surface area contributed by atoms with E-state index in [0.29, 0.717) is 0 Å². The van der Waals surface area contributed by atoms with Crippen LogP contribution >= 0.6 is 0 Å². The van der Waals surface area contributed by atoms with E-state index in [2.05, 4.69) is 292 Å². The third-order valence-corrected chi connectivity index (χ3v) is 16.3. The van der Waals surface area contributed by atoms with Crippen LogP contribution in [0.5, 0.6) is 0 Å². The largest absolute Gasteiger partial charge is 0.264 e. The highest BCUT2D eigenvalue weighted by Crippen LogP contribution is 2.28. The predicted molar refractivity (Wildman–Crippen MR) is 349 cm³/mol. The molecule has 10 heterocycles. The molecule has 10 aromatic heterocycles. The summed E-state index contributed by atoms with van der Waals surface area (Å²) in [6.45, 7) is 42.3. The van der Waals surface area contributed by atoms with Crippen molar-refractivity contribution in [2.75, 3.05) is 0 Å². The smallest absolute Gasteiger partial charge is 0.214 e. The second kappa shape index (κ2) is 28.4. The average Bonchev–Trinajstić information content (AvgIpc) is 3.56. The van der Waals surface area contributed by atoms with Crippen LogP contribution in [0.3, 0.4) is 0 Å². The molecule has 0 bridgehead atoms. The molecule has 10 heteroatoms. The number of aromatic nitrogens is 10. The van der Waals surface area contributed by atoms with Crippen LogP contribution in [0.15, 0.2) is 123 Å². The Hall–Kier alpha value is -8.50. The van der Waals surface area contributed by atoms with Crippen molar-refractivity contribution in [3.8, 4) is 56.3 Å². The van der Waals surface area contributed by atoms with Gasteiger partial charge in [0, 0.05) is 101 Å². The summed E-state index contributed by atoms with van der Waals surface area (Å²) in [4.78, 5) is 22.2. The molecule has 0 saturated heterocycles. The Balaban J connectivity index is 0.000000170. The van der Waals surface area contributed by atoms with Gasteiger partial charge in [0.2, 0.25) is 28.5 Å². The lowest BCUT2D eigenvalue weighted by Gasteiger charge is -2.10. The molecule has 10 aromatic rings. The Labute approximate surface area is 509 Å². The van der Waals surface area contributed by atoms with Crippen molar-refractivity contribution in [3.05, 3.63) is 235 Å². The molecule has 85 heavy (non-hydrogen) atoms. The second-order valence-corrected chi connectivity index (χ2v) is 23.7. The van der Waals surface area contributed by atoms with Gasteiger partial charge in [-0.25, -0.2) is 22.8 Å². The van der Waals surface area contributed by atoms with Gasteiger partial charge in [0.1, 0.15) is 35.2 Å². The number of rotatable bonds is 5. The third-order valence-electron chi connectivity index (χ3n) is 16.3.